The fraction of sp³-hybridized carbons (Fsp3) is 0.364. The standard InChI is InChI=1S/C22H21N3O3S2/c26-18-17-15-9-3-4-10-16(15)30-19(17)24-22(23-18)29-12-6-5-11-25-20(27)13-7-1-2-8-14(13)21(25)28/h1-2,7-8H,3-6,9-12H2,(H,23,24,26). The van der Waals surface area contributed by atoms with Gasteiger partial charge in [0.25, 0.3) is 17.4 Å². The number of rotatable bonds is 6. The van der Waals surface area contributed by atoms with Crippen molar-refractivity contribution in [3.63, 3.8) is 0 Å². The Morgan fingerprint density at radius 3 is 2.53 bits per heavy atom. The zero-order valence-corrected chi connectivity index (χ0v) is 18.0. The summed E-state index contributed by atoms with van der Waals surface area (Å²) in [5.41, 5.74) is 2.15. The number of nitrogens with zero attached hydrogens (tertiary/aromatic N) is 2. The second kappa shape index (κ2) is 8.00. The number of H-pyrrole nitrogens is 1. The molecular formula is C22H21N3O3S2. The van der Waals surface area contributed by atoms with E-state index in [1.54, 1.807) is 35.6 Å². The summed E-state index contributed by atoms with van der Waals surface area (Å²) in [7, 11) is 0. The number of amides is 2. The van der Waals surface area contributed by atoms with Gasteiger partial charge in [-0.15, -0.1) is 11.3 Å². The van der Waals surface area contributed by atoms with Gasteiger partial charge in [-0.1, -0.05) is 23.9 Å². The molecule has 3 aromatic rings. The molecule has 0 spiro atoms. The van der Waals surface area contributed by atoms with Crippen LogP contribution in [0.4, 0.5) is 0 Å². The Morgan fingerprint density at radius 1 is 1.03 bits per heavy atom. The summed E-state index contributed by atoms with van der Waals surface area (Å²) in [4.78, 5) is 48.5. The van der Waals surface area contributed by atoms with Crippen molar-refractivity contribution in [2.24, 2.45) is 0 Å². The van der Waals surface area contributed by atoms with Crippen molar-refractivity contribution in [1.82, 2.24) is 14.9 Å². The van der Waals surface area contributed by atoms with Gasteiger partial charge in [-0.2, -0.15) is 0 Å². The quantitative estimate of drug-likeness (QED) is 0.271. The summed E-state index contributed by atoms with van der Waals surface area (Å²) in [6, 6.07) is 6.95. The summed E-state index contributed by atoms with van der Waals surface area (Å²) in [5, 5.41) is 1.43. The van der Waals surface area contributed by atoms with Gasteiger partial charge in [0.05, 0.1) is 16.5 Å². The van der Waals surface area contributed by atoms with E-state index in [1.807, 2.05) is 0 Å². The number of aromatic amines is 1. The summed E-state index contributed by atoms with van der Waals surface area (Å²) in [6.07, 6.45) is 5.90. The number of imide groups is 1. The second-order valence-electron chi connectivity index (χ2n) is 7.63. The number of benzene rings is 1. The first-order chi connectivity index (χ1) is 14.6. The van der Waals surface area contributed by atoms with Gasteiger partial charge in [-0.05, 0) is 56.2 Å². The number of thiophene rings is 1. The van der Waals surface area contributed by atoms with Crippen LogP contribution < -0.4 is 5.56 Å². The molecule has 0 saturated heterocycles. The zero-order chi connectivity index (χ0) is 20.7. The number of unbranched alkanes of at least 4 members (excludes halogenated alkanes) is 1. The number of carbonyl (C=O) groups is 2. The van der Waals surface area contributed by atoms with Gasteiger partial charge < -0.3 is 4.98 Å². The van der Waals surface area contributed by atoms with Crippen LogP contribution in [-0.2, 0) is 12.8 Å². The monoisotopic (exact) mass is 439 g/mol. The first-order valence-corrected chi connectivity index (χ1v) is 12.1. The van der Waals surface area contributed by atoms with Gasteiger partial charge in [0, 0.05) is 17.2 Å². The molecule has 1 N–H and O–H groups in total. The van der Waals surface area contributed by atoms with Gasteiger partial charge >= 0.3 is 0 Å². The number of hydrogen-bond acceptors (Lipinski definition) is 6. The Hall–Kier alpha value is -2.45. The number of fused-ring (bicyclic) bond motifs is 4. The highest BCUT2D eigenvalue weighted by Crippen LogP contribution is 2.34. The smallest absolute Gasteiger partial charge is 0.261 e. The Bertz CT molecular complexity index is 1180. The highest BCUT2D eigenvalue weighted by Gasteiger charge is 2.34. The van der Waals surface area contributed by atoms with Crippen LogP contribution in [0.15, 0.2) is 34.2 Å². The lowest BCUT2D eigenvalue weighted by molar-refractivity contribution is 0.0652. The van der Waals surface area contributed by atoms with Crippen LogP contribution in [0.25, 0.3) is 10.2 Å². The van der Waals surface area contributed by atoms with E-state index in [1.165, 1.54) is 33.5 Å². The van der Waals surface area contributed by atoms with Crippen LogP contribution in [0.5, 0.6) is 0 Å². The average molecular weight is 440 g/mol. The van der Waals surface area contributed by atoms with Crippen molar-refractivity contribution in [2.75, 3.05) is 12.3 Å². The SMILES string of the molecule is O=C1c2ccccc2C(=O)N1CCCCSc1nc2sc3c(c2c(=O)[nH]1)CCCC3. The highest BCUT2D eigenvalue weighted by molar-refractivity contribution is 7.99. The summed E-state index contributed by atoms with van der Waals surface area (Å²) in [5.74, 6) is 0.352. The lowest BCUT2D eigenvalue weighted by atomic mass is 9.97. The van der Waals surface area contributed by atoms with E-state index < -0.39 is 0 Å². The van der Waals surface area contributed by atoms with Crippen LogP contribution in [0.1, 0.15) is 56.8 Å². The van der Waals surface area contributed by atoms with Crippen LogP contribution in [0.2, 0.25) is 0 Å². The van der Waals surface area contributed by atoms with Gasteiger partial charge in [0.15, 0.2) is 5.16 Å². The molecule has 154 valence electrons. The number of aromatic nitrogens is 2. The number of thioether (sulfide) groups is 1. The maximum absolute atomic E-state index is 12.6. The number of hydrogen-bond donors (Lipinski definition) is 1. The second-order valence-corrected chi connectivity index (χ2v) is 9.79. The fourth-order valence-electron chi connectivity index (χ4n) is 4.20. The van der Waals surface area contributed by atoms with Crippen molar-refractivity contribution in [3.8, 4) is 0 Å². The first kappa shape index (κ1) is 19.5. The third-order valence-electron chi connectivity index (χ3n) is 5.70. The van der Waals surface area contributed by atoms with E-state index in [0.29, 0.717) is 22.8 Å². The summed E-state index contributed by atoms with van der Waals surface area (Å²) < 4.78 is 0. The van der Waals surface area contributed by atoms with E-state index in [-0.39, 0.29) is 17.4 Å². The molecule has 0 atom stereocenters. The minimum Gasteiger partial charge on any atom is -0.301 e. The lowest BCUT2D eigenvalue weighted by Gasteiger charge is -2.13. The lowest BCUT2D eigenvalue weighted by Crippen LogP contribution is -2.30. The maximum atomic E-state index is 12.6. The normalized spacial score (nSPS) is 15.7. The maximum Gasteiger partial charge on any atom is 0.261 e. The number of nitrogens with one attached hydrogen (secondary N) is 1. The highest BCUT2D eigenvalue weighted by atomic mass is 32.2. The topological polar surface area (TPSA) is 83.1 Å². The van der Waals surface area contributed by atoms with Crippen molar-refractivity contribution < 1.29 is 9.59 Å². The third-order valence-corrected chi connectivity index (χ3v) is 7.84. The molecule has 0 radical (unpaired) electrons. The van der Waals surface area contributed by atoms with Crippen molar-refractivity contribution in [2.45, 2.75) is 43.7 Å². The van der Waals surface area contributed by atoms with Crippen LogP contribution in [0, 0.1) is 0 Å². The van der Waals surface area contributed by atoms with Crippen molar-refractivity contribution in [1.29, 1.82) is 0 Å². The first-order valence-electron chi connectivity index (χ1n) is 10.3. The molecule has 8 heteroatoms. The largest absolute Gasteiger partial charge is 0.301 e. The molecule has 6 nitrogen and oxygen atoms in total. The third kappa shape index (κ3) is 3.37. The fourth-order valence-corrected chi connectivity index (χ4v) is 6.38. The van der Waals surface area contributed by atoms with Gasteiger partial charge in [-0.3, -0.25) is 19.3 Å². The van der Waals surface area contributed by atoms with E-state index in [9.17, 15) is 14.4 Å². The van der Waals surface area contributed by atoms with Crippen LogP contribution in [-0.4, -0.2) is 39.0 Å². The molecule has 2 aliphatic rings. The minimum atomic E-state index is -0.207. The summed E-state index contributed by atoms with van der Waals surface area (Å²) >= 11 is 3.18. The predicted molar refractivity (Wildman–Crippen MR) is 119 cm³/mol. The van der Waals surface area contributed by atoms with Gasteiger partial charge in [-0.25, -0.2) is 4.98 Å². The molecule has 2 aromatic heterocycles. The molecule has 5 rings (SSSR count). The van der Waals surface area contributed by atoms with Crippen LogP contribution in [0.3, 0.4) is 0 Å². The molecule has 2 amide bonds. The van der Waals surface area contributed by atoms with E-state index in [4.69, 9.17) is 0 Å². The Morgan fingerprint density at radius 2 is 1.77 bits per heavy atom. The molecule has 1 aromatic carbocycles. The minimum absolute atomic E-state index is 0.0343. The van der Waals surface area contributed by atoms with E-state index >= 15 is 0 Å². The molecule has 1 aliphatic carbocycles. The van der Waals surface area contributed by atoms with Crippen molar-refractivity contribution >= 4 is 45.1 Å². The Balaban J connectivity index is 1.18. The Labute approximate surface area is 181 Å². The van der Waals surface area contributed by atoms with E-state index in [0.717, 1.165) is 48.1 Å². The molecule has 0 unspecified atom stereocenters. The van der Waals surface area contributed by atoms with Crippen molar-refractivity contribution in [3.05, 3.63) is 56.2 Å². The molecule has 0 bridgehead atoms. The number of aryl methyl sites for hydroxylation is 2. The van der Waals surface area contributed by atoms with Gasteiger partial charge in [0.2, 0.25) is 0 Å². The molecule has 3 heterocycles. The average Bonchev–Trinajstić information content (AvgIpc) is 3.24. The number of carbonyl (C=O) groups excluding carboxylic acids is 2. The van der Waals surface area contributed by atoms with Crippen LogP contribution >= 0.6 is 23.1 Å². The summed E-state index contributed by atoms with van der Waals surface area (Å²) in [6.45, 7) is 0.410. The molecule has 30 heavy (non-hydrogen) atoms. The predicted octanol–water partition coefficient (Wildman–Crippen LogP) is 4.03. The van der Waals surface area contributed by atoms with Gasteiger partial charge in [0.1, 0.15) is 4.83 Å². The molecule has 0 fully saturated rings. The van der Waals surface area contributed by atoms with E-state index in [2.05, 4.69) is 9.97 Å². The molecule has 1 aliphatic heterocycles. The Kier molecular flexibility index (Phi) is 5.20. The molecule has 0 saturated carbocycles. The molecular weight excluding hydrogens is 418 g/mol. The zero-order valence-electron chi connectivity index (χ0n) is 16.4.